The van der Waals surface area contributed by atoms with Gasteiger partial charge in [-0.25, -0.2) is 4.90 Å². The van der Waals surface area contributed by atoms with Crippen molar-refractivity contribution in [1.82, 2.24) is 0 Å². The van der Waals surface area contributed by atoms with Crippen LogP contribution in [0.1, 0.15) is 5.56 Å². The summed E-state index contributed by atoms with van der Waals surface area (Å²) in [6, 6.07) is 11.7. The molecule has 2 amide bonds. The first-order valence-corrected chi connectivity index (χ1v) is 9.13. The monoisotopic (exact) mass is 405 g/mol. The van der Waals surface area contributed by atoms with Crippen molar-refractivity contribution in [2.45, 2.75) is 0 Å². The molecule has 26 heavy (non-hydrogen) atoms. The van der Waals surface area contributed by atoms with E-state index in [0.717, 1.165) is 16.7 Å². The van der Waals surface area contributed by atoms with Crippen molar-refractivity contribution < 1.29 is 14.3 Å². The number of hydrogen-bond donors (Lipinski definition) is 0. The summed E-state index contributed by atoms with van der Waals surface area (Å²) in [4.78, 5) is 26.3. The normalized spacial score (nSPS) is 15.6. The Morgan fingerprint density at radius 3 is 2.50 bits per heavy atom. The fourth-order valence-corrected chi connectivity index (χ4v) is 3.52. The molecule has 2 aromatic rings. The van der Waals surface area contributed by atoms with Gasteiger partial charge in [-0.3, -0.25) is 9.59 Å². The van der Waals surface area contributed by atoms with Gasteiger partial charge >= 0.3 is 0 Å². The zero-order valence-corrected chi connectivity index (χ0v) is 15.8. The molecule has 1 saturated heterocycles. The van der Waals surface area contributed by atoms with E-state index in [9.17, 15) is 9.59 Å². The Labute approximate surface area is 165 Å². The maximum absolute atomic E-state index is 12.6. The second-order valence-corrected chi connectivity index (χ2v) is 7.12. The lowest BCUT2D eigenvalue weighted by molar-refractivity contribution is -0.113. The van der Waals surface area contributed by atoms with Gasteiger partial charge in [0, 0.05) is 5.02 Å². The van der Waals surface area contributed by atoms with Gasteiger partial charge < -0.3 is 4.74 Å². The lowest BCUT2D eigenvalue weighted by atomic mass is 10.2. The third-order valence-electron chi connectivity index (χ3n) is 3.49. The molecule has 2 aromatic carbocycles. The quantitative estimate of drug-likeness (QED) is 0.465. The number of hydrogen-bond acceptors (Lipinski definition) is 4. The Bertz CT molecular complexity index is 910. The smallest absolute Gasteiger partial charge is 0.298 e. The number of ether oxygens (including phenoxy) is 1. The number of halogens is 2. The Kier molecular flexibility index (Phi) is 5.71. The van der Waals surface area contributed by atoms with Crippen LogP contribution in [-0.4, -0.2) is 17.8 Å². The van der Waals surface area contributed by atoms with Crippen LogP contribution in [0.3, 0.4) is 0 Å². The van der Waals surface area contributed by atoms with Crippen LogP contribution >= 0.6 is 35.0 Å². The largest absolute Gasteiger partial charge is 0.488 e. The van der Waals surface area contributed by atoms with E-state index >= 15 is 0 Å². The molecule has 0 aromatic heterocycles. The number of carbonyl (C=O) groups is 2. The summed E-state index contributed by atoms with van der Waals surface area (Å²) in [5.74, 6) is 0.142. The third kappa shape index (κ3) is 3.96. The number of nitrogens with zero attached hydrogens (tertiary/aromatic N) is 1. The Balaban J connectivity index is 1.84. The van der Waals surface area contributed by atoms with Gasteiger partial charge in [-0.15, -0.1) is 0 Å². The van der Waals surface area contributed by atoms with E-state index in [2.05, 4.69) is 6.58 Å². The molecular formula is C19H13Cl2NO3S. The zero-order valence-electron chi connectivity index (χ0n) is 13.4. The van der Waals surface area contributed by atoms with Crippen LogP contribution in [-0.2, 0) is 4.79 Å². The first-order valence-electron chi connectivity index (χ1n) is 7.56. The van der Waals surface area contributed by atoms with Crippen LogP contribution < -0.4 is 9.64 Å². The molecule has 0 aliphatic carbocycles. The second-order valence-electron chi connectivity index (χ2n) is 5.28. The van der Waals surface area contributed by atoms with Crippen LogP contribution in [0, 0.1) is 0 Å². The van der Waals surface area contributed by atoms with E-state index in [4.69, 9.17) is 27.9 Å². The van der Waals surface area contributed by atoms with E-state index in [1.807, 2.05) is 0 Å². The van der Waals surface area contributed by atoms with Gasteiger partial charge in [0.15, 0.2) is 0 Å². The number of carbonyl (C=O) groups excluding carboxylic acids is 2. The van der Waals surface area contributed by atoms with Crippen LogP contribution in [0.15, 0.2) is 60.0 Å². The first kappa shape index (κ1) is 18.6. The highest BCUT2D eigenvalue weighted by Crippen LogP contribution is 2.36. The summed E-state index contributed by atoms with van der Waals surface area (Å²) in [7, 11) is 0. The minimum atomic E-state index is -0.384. The molecule has 0 N–H and O–H groups in total. The first-order chi connectivity index (χ1) is 12.5. The number of thioether (sulfide) groups is 1. The van der Waals surface area contributed by atoms with Crippen LogP contribution in [0.25, 0.3) is 6.08 Å². The van der Waals surface area contributed by atoms with E-state index < -0.39 is 0 Å². The molecule has 0 saturated carbocycles. The topological polar surface area (TPSA) is 46.6 Å². The van der Waals surface area contributed by atoms with Gasteiger partial charge in [-0.1, -0.05) is 41.9 Å². The molecule has 0 radical (unpaired) electrons. The predicted octanol–water partition coefficient (Wildman–Crippen LogP) is 5.80. The molecule has 1 heterocycles. The molecule has 132 valence electrons. The molecule has 1 aliphatic rings. The lowest BCUT2D eigenvalue weighted by Crippen LogP contribution is -2.27. The van der Waals surface area contributed by atoms with Gasteiger partial charge in [-0.05, 0) is 59.8 Å². The maximum atomic E-state index is 12.6. The van der Waals surface area contributed by atoms with Crippen LogP contribution in [0.5, 0.6) is 5.75 Å². The summed E-state index contributed by atoms with van der Waals surface area (Å²) < 4.78 is 5.42. The van der Waals surface area contributed by atoms with Crippen molar-refractivity contribution in [2.75, 3.05) is 11.5 Å². The molecule has 1 aliphatic heterocycles. The third-order valence-corrected chi connectivity index (χ3v) is 4.91. The molecule has 0 bridgehead atoms. The minimum absolute atomic E-state index is 0.320. The molecule has 0 spiro atoms. The van der Waals surface area contributed by atoms with Gasteiger partial charge in [0.2, 0.25) is 0 Å². The van der Waals surface area contributed by atoms with Gasteiger partial charge in [0.05, 0.1) is 15.6 Å². The highest BCUT2D eigenvalue weighted by Gasteiger charge is 2.36. The van der Waals surface area contributed by atoms with Crippen molar-refractivity contribution in [3.63, 3.8) is 0 Å². The van der Waals surface area contributed by atoms with Crippen LogP contribution in [0.4, 0.5) is 10.5 Å². The zero-order chi connectivity index (χ0) is 18.7. The fraction of sp³-hybridized carbons (Fsp3) is 0.0526. The Morgan fingerprint density at radius 1 is 1.12 bits per heavy atom. The molecule has 3 rings (SSSR count). The molecule has 7 heteroatoms. The van der Waals surface area contributed by atoms with Crippen molar-refractivity contribution in [3.05, 3.63) is 75.6 Å². The number of rotatable bonds is 5. The molecule has 1 fully saturated rings. The number of imide groups is 1. The average Bonchev–Trinajstić information content (AvgIpc) is 2.89. The maximum Gasteiger partial charge on any atom is 0.298 e. The summed E-state index contributed by atoms with van der Waals surface area (Å²) in [6.45, 7) is 3.93. The lowest BCUT2D eigenvalue weighted by Gasteiger charge is -2.12. The van der Waals surface area contributed by atoms with E-state index in [1.54, 1.807) is 54.6 Å². The van der Waals surface area contributed by atoms with E-state index in [-0.39, 0.29) is 11.1 Å². The summed E-state index contributed by atoms with van der Waals surface area (Å²) >= 11 is 12.9. The van der Waals surface area contributed by atoms with Gasteiger partial charge in [0.25, 0.3) is 11.1 Å². The standard InChI is InChI=1S/C19H13Cl2NO3S/c1-2-9-25-16-8-3-12(10-15(16)21)11-17-18(23)22(19(24)26-17)14-6-4-13(20)5-7-14/h2-8,10-11H,1,9H2/b17-11-. The Morgan fingerprint density at radius 2 is 1.85 bits per heavy atom. The molecule has 4 nitrogen and oxygen atoms in total. The number of benzene rings is 2. The summed E-state index contributed by atoms with van der Waals surface area (Å²) in [6.07, 6.45) is 3.25. The predicted molar refractivity (Wildman–Crippen MR) is 107 cm³/mol. The highest BCUT2D eigenvalue weighted by molar-refractivity contribution is 8.19. The average molecular weight is 406 g/mol. The number of amides is 2. The molecular weight excluding hydrogens is 393 g/mol. The molecule has 0 unspecified atom stereocenters. The Hall–Kier alpha value is -2.21. The summed E-state index contributed by atoms with van der Waals surface area (Å²) in [5.41, 5.74) is 1.18. The van der Waals surface area contributed by atoms with Crippen molar-refractivity contribution in [1.29, 1.82) is 0 Å². The summed E-state index contributed by atoms with van der Waals surface area (Å²) in [5, 5.41) is 0.586. The minimum Gasteiger partial charge on any atom is -0.488 e. The van der Waals surface area contributed by atoms with Crippen molar-refractivity contribution in [3.8, 4) is 5.75 Å². The number of anilines is 1. The fourth-order valence-electron chi connectivity index (χ4n) is 2.30. The van der Waals surface area contributed by atoms with Gasteiger partial charge in [0.1, 0.15) is 12.4 Å². The van der Waals surface area contributed by atoms with E-state index in [1.165, 1.54) is 0 Å². The van der Waals surface area contributed by atoms with E-state index in [0.29, 0.717) is 38.6 Å². The highest BCUT2D eigenvalue weighted by atomic mass is 35.5. The SMILES string of the molecule is C=CCOc1ccc(/C=C2\SC(=O)N(c3ccc(Cl)cc3)C2=O)cc1Cl. The van der Waals surface area contributed by atoms with Crippen LogP contribution in [0.2, 0.25) is 10.0 Å². The van der Waals surface area contributed by atoms with Crippen molar-refractivity contribution in [2.24, 2.45) is 0 Å². The van der Waals surface area contributed by atoms with Crippen molar-refractivity contribution >= 4 is 57.9 Å². The van der Waals surface area contributed by atoms with Gasteiger partial charge in [-0.2, -0.15) is 0 Å². The second kappa shape index (κ2) is 7.99. The molecule has 0 atom stereocenters.